The summed E-state index contributed by atoms with van der Waals surface area (Å²) < 4.78 is 10.8. The van der Waals surface area contributed by atoms with Gasteiger partial charge in [-0.1, -0.05) is 0 Å². The number of rotatable bonds is 6. The first-order valence-electron chi connectivity index (χ1n) is 6.42. The van der Waals surface area contributed by atoms with Crippen LogP contribution >= 0.6 is 11.8 Å². The Morgan fingerprint density at radius 1 is 1.35 bits per heavy atom. The van der Waals surface area contributed by atoms with Crippen LogP contribution in [0.4, 0.5) is 0 Å². The van der Waals surface area contributed by atoms with Crippen molar-refractivity contribution in [1.29, 1.82) is 0 Å². The number of furan rings is 1. The molecule has 1 aliphatic heterocycles. The van der Waals surface area contributed by atoms with E-state index in [-0.39, 0.29) is 5.78 Å². The summed E-state index contributed by atoms with van der Waals surface area (Å²) in [4.78, 5) is 12.0. The highest BCUT2D eigenvalue weighted by atomic mass is 32.2. The fourth-order valence-corrected chi connectivity index (χ4v) is 2.11. The molecule has 1 aliphatic rings. The normalized spacial score (nSPS) is 17.3. The molecule has 1 fully saturated rings. The van der Waals surface area contributed by atoms with E-state index in [0.29, 0.717) is 16.6 Å². The highest BCUT2D eigenvalue weighted by Gasteiger charge is 2.22. The molecule has 1 aromatic carbocycles. The Labute approximate surface area is 121 Å². The molecule has 0 saturated carbocycles. The van der Waals surface area contributed by atoms with E-state index < -0.39 is 0 Å². The average Bonchev–Trinajstić information content (AvgIpc) is 3.17. The third kappa shape index (κ3) is 3.54. The molecular formula is C16H14O3S. The minimum absolute atomic E-state index is 0.0503. The topological polar surface area (TPSA) is 39.4 Å². The fourth-order valence-electron chi connectivity index (χ4n) is 1.71. The average molecular weight is 286 g/mol. The number of allylic oxidation sites excluding steroid dienone is 1. The number of hydrogen-bond donors (Lipinski definition) is 0. The number of carbonyl (C=O) groups is 1. The van der Waals surface area contributed by atoms with Crippen molar-refractivity contribution in [1.82, 2.24) is 0 Å². The van der Waals surface area contributed by atoms with Gasteiger partial charge in [-0.05, 0) is 48.6 Å². The molecule has 2 aromatic rings. The predicted octanol–water partition coefficient (Wildman–Crippen LogP) is 3.67. The second-order valence-corrected chi connectivity index (χ2v) is 5.84. The van der Waals surface area contributed by atoms with Gasteiger partial charge < -0.3 is 9.15 Å². The maximum atomic E-state index is 12.0. The number of ether oxygens (including phenoxy) is 1. The van der Waals surface area contributed by atoms with Gasteiger partial charge in [0.15, 0.2) is 5.78 Å². The van der Waals surface area contributed by atoms with Crippen molar-refractivity contribution in [3.05, 3.63) is 60.1 Å². The van der Waals surface area contributed by atoms with Crippen LogP contribution in [0.3, 0.4) is 0 Å². The van der Waals surface area contributed by atoms with Crippen LogP contribution in [0.15, 0.2) is 53.2 Å². The molecule has 3 rings (SSSR count). The number of ketones is 1. The smallest absolute Gasteiger partial charge is 0.185 e. The van der Waals surface area contributed by atoms with E-state index >= 15 is 0 Å². The summed E-state index contributed by atoms with van der Waals surface area (Å²) in [7, 11) is 0. The van der Waals surface area contributed by atoms with Crippen LogP contribution in [-0.2, 0) is 0 Å². The third-order valence-corrected chi connectivity index (χ3v) is 3.86. The third-order valence-electron chi connectivity index (χ3n) is 2.92. The second-order valence-electron chi connectivity index (χ2n) is 4.50. The van der Waals surface area contributed by atoms with Gasteiger partial charge in [0.2, 0.25) is 0 Å². The Balaban J connectivity index is 1.59. The molecule has 0 aliphatic carbocycles. The first kappa shape index (κ1) is 13.1. The van der Waals surface area contributed by atoms with Crippen LogP contribution in [0, 0.1) is 0 Å². The van der Waals surface area contributed by atoms with Gasteiger partial charge in [0.05, 0.1) is 6.26 Å². The summed E-state index contributed by atoms with van der Waals surface area (Å²) in [5.41, 5.74) is 0.640. The van der Waals surface area contributed by atoms with Crippen LogP contribution in [0.5, 0.6) is 5.75 Å². The molecule has 4 heteroatoms. The molecule has 1 aromatic heterocycles. The Morgan fingerprint density at radius 3 is 2.80 bits per heavy atom. The lowest BCUT2D eigenvalue weighted by atomic mass is 10.1. The number of thioether (sulfide) groups is 1. The Hall–Kier alpha value is -1.94. The molecular weight excluding hydrogens is 272 g/mol. The van der Waals surface area contributed by atoms with Crippen molar-refractivity contribution in [2.75, 3.05) is 12.4 Å². The van der Waals surface area contributed by atoms with Gasteiger partial charge in [-0.3, -0.25) is 4.79 Å². The largest absolute Gasteiger partial charge is 0.492 e. The maximum Gasteiger partial charge on any atom is 0.185 e. The summed E-state index contributed by atoms with van der Waals surface area (Å²) in [6.45, 7) is 0.746. The molecule has 2 heterocycles. The summed E-state index contributed by atoms with van der Waals surface area (Å²) in [6, 6.07) is 10.8. The lowest BCUT2D eigenvalue weighted by Gasteiger charge is -2.04. The molecule has 0 bridgehead atoms. The van der Waals surface area contributed by atoms with E-state index in [2.05, 4.69) is 0 Å². The standard InChI is InChI=1S/C16H14O3S/c17-16(8-7-13-2-1-9-18-13)12-3-5-14(6-4-12)19-10-15-11-20-15/h1-9,15H,10-11H2/b8-7+. The minimum Gasteiger partial charge on any atom is -0.492 e. The van der Waals surface area contributed by atoms with Gasteiger partial charge in [0.25, 0.3) is 0 Å². The molecule has 1 unspecified atom stereocenters. The molecule has 0 N–H and O–H groups in total. The summed E-state index contributed by atoms with van der Waals surface area (Å²) in [6.07, 6.45) is 4.75. The van der Waals surface area contributed by atoms with E-state index in [9.17, 15) is 4.79 Å². The number of benzene rings is 1. The molecule has 1 saturated heterocycles. The molecule has 3 nitrogen and oxygen atoms in total. The fraction of sp³-hybridized carbons (Fsp3) is 0.188. The SMILES string of the molecule is O=C(/C=C/c1ccco1)c1ccc(OCC2CS2)cc1. The van der Waals surface area contributed by atoms with Crippen molar-refractivity contribution in [2.45, 2.75) is 5.25 Å². The maximum absolute atomic E-state index is 12.0. The Bertz CT molecular complexity index is 595. The summed E-state index contributed by atoms with van der Waals surface area (Å²) in [5, 5.41) is 0.646. The quantitative estimate of drug-likeness (QED) is 0.461. The van der Waals surface area contributed by atoms with Crippen LogP contribution in [0.2, 0.25) is 0 Å². The van der Waals surface area contributed by atoms with Crippen molar-refractivity contribution in [2.24, 2.45) is 0 Å². The van der Waals surface area contributed by atoms with Gasteiger partial charge in [0, 0.05) is 16.6 Å². The van der Waals surface area contributed by atoms with Gasteiger partial charge in [-0.2, -0.15) is 11.8 Å². The Morgan fingerprint density at radius 2 is 2.15 bits per heavy atom. The molecule has 20 heavy (non-hydrogen) atoms. The van der Waals surface area contributed by atoms with E-state index in [1.54, 1.807) is 36.6 Å². The molecule has 0 radical (unpaired) electrons. The van der Waals surface area contributed by atoms with E-state index in [4.69, 9.17) is 9.15 Å². The van der Waals surface area contributed by atoms with Crippen LogP contribution in [0.25, 0.3) is 6.08 Å². The zero-order valence-corrected chi connectivity index (χ0v) is 11.6. The van der Waals surface area contributed by atoms with Gasteiger partial charge in [0.1, 0.15) is 18.1 Å². The van der Waals surface area contributed by atoms with Crippen LogP contribution in [0.1, 0.15) is 16.1 Å². The van der Waals surface area contributed by atoms with Crippen LogP contribution in [-0.4, -0.2) is 23.4 Å². The number of hydrogen-bond acceptors (Lipinski definition) is 4. The lowest BCUT2D eigenvalue weighted by Crippen LogP contribution is -2.03. The van der Waals surface area contributed by atoms with Gasteiger partial charge in [-0.15, -0.1) is 0 Å². The van der Waals surface area contributed by atoms with Crippen molar-refractivity contribution in [3.8, 4) is 5.75 Å². The first-order chi connectivity index (χ1) is 9.81. The zero-order chi connectivity index (χ0) is 13.8. The highest BCUT2D eigenvalue weighted by molar-refractivity contribution is 8.06. The van der Waals surface area contributed by atoms with Crippen molar-refractivity contribution >= 4 is 23.6 Å². The zero-order valence-electron chi connectivity index (χ0n) is 10.8. The van der Waals surface area contributed by atoms with E-state index in [0.717, 1.165) is 12.4 Å². The lowest BCUT2D eigenvalue weighted by molar-refractivity contribution is 0.104. The Kier molecular flexibility index (Phi) is 3.92. The van der Waals surface area contributed by atoms with Gasteiger partial charge >= 0.3 is 0 Å². The van der Waals surface area contributed by atoms with E-state index in [1.807, 2.05) is 23.9 Å². The van der Waals surface area contributed by atoms with Gasteiger partial charge in [-0.25, -0.2) is 0 Å². The summed E-state index contributed by atoms with van der Waals surface area (Å²) >= 11 is 1.90. The predicted molar refractivity (Wildman–Crippen MR) is 80.3 cm³/mol. The highest BCUT2D eigenvalue weighted by Crippen LogP contribution is 2.30. The van der Waals surface area contributed by atoms with Crippen molar-refractivity contribution < 1.29 is 13.9 Å². The monoisotopic (exact) mass is 286 g/mol. The molecule has 102 valence electrons. The van der Waals surface area contributed by atoms with Crippen molar-refractivity contribution in [3.63, 3.8) is 0 Å². The second kappa shape index (κ2) is 6.01. The summed E-state index contributed by atoms with van der Waals surface area (Å²) in [5.74, 6) is 2.61. The number of carbonyl (C=O) groups excluding carboxylic acids is 1. The molecule has 1 atom stereocenters. The molecule has 0 spiro atoms. The minimum atomic E-state index is -0.0503. The van der Waals surface area contributed by atoms with E-state index in [1.165, 1.54) is 11.8 Å². The molecule has 0 amide bonds. The first-order valence-corrected chi connectivity index (χ1v) is 7.46. The van der Waals surface area contributed by atoms with Crippen LogP contribution < -0.4 is 4.74 Å².